The first-order valence-electron chi connectivity index (χ1n) is 6.40. The highest BCUT2D eigenvalue weighted by atomic mass is 16.3. The van der Waals surface area contributed by atoms with Gasteiger partial charge >= 0.3 is 0 Å². The van der Waals surface area contributed by atoms with Gasteiger partial charge in [0.05, 0.1) is 11.0 Å². The summed E-state index contributed by atoms with van der Waals surface area (Å²) in [6.45, 7) is 0. The van der Waals surface area contributed by atoms with Gasteiger partial charge in [0.15, 0.2) is 5.88 Å². The first-order valence-corrected chi connectivity index (χ1v) is 6.40. The number of rotatable bonds is 0. The number of para-hydroxylation sites is 2. The Morgan fingerprint density at radius 3 is 1.80 bits per heavy atom. The van der Waals surface area contributed by atoms with Crippen molar-refractivity contribution in [2.24, 2.45) is 0 Å². The summed E-state index contributed by atoms with van der Waals surface area (Å²) in [6.07, 6.45) is 1.66. The Morgan fingerprint density at radius 1 is 0.750 bits per heavy atom. The van der Waals surface area contributed by atoms with Gasteiger partial charge in [-0.25, -0.2) is 4.98 Å². The van der Waals surface area contributed by atoms with Crippen LogP contribution in [0.25, 0.3) is 21.8 Å². The molecule has 3 nitrogen and oxygen atoms in total. The average Bonchev–Trinajstić information content (AvgIpc) is 2.97. The minimum absolute atomic E-state index is 0.218. The molecular formula is C17H14N2O. The zero-order valence-corrected chi connectivity index (χ0v) is 10.8. The van der Waals surface area contributed by atoms with E-state index in [1.54, 1.807) is 18.3 Å². The topological polar surface area (TPSA) is 48.9 Å². The SMILES string of the molecule is Oc1ccc[nH]1.c1ccc2nc3ccccc3cc2c1. The van der Waals surface area contributed by atoms with Crippen LogP contribution < -0.4 is 0 Å². The molecule has 4 aromatic rings. The minimum Gasteiger partial charge on any atom is -0.495 e. The van der Waals surface area contributed by atoms with E-state index >= 15 is 0 Å². The van der Waals surface area contributed by atoms with E-state index in [1.165, 1.54) is 10.8 Å². The van der Waals surface area contributed by atoms with Gasteiger partial charge in [0.1, 0.15) is 0 Å². The van der Waals surface area contributed by atoms with Crippen LogP contribution in [-0.2, 0) is 0 Å². The molecule has 0 radical (unpaired) electrons. The van der Waals surface area contributed by atoms with Gasteiger partial charge in [-0.3, -0.25) is 0 Å². The number of hydrogen-bond acceptors (Lipinski definition) is 2. The zero-order valence-electron chi connectivity index (χ0n) is 10.8. The van der Waals surface area contributed by atoms with Crippen molar-refractivity contribution in [1.82, 2.24) is 9.97 Å². The van der Waals surface area contributed by atoms with Crippen LogP contribution in [0, 0.1) is 0 Å². The van der Waals surface area contributed by atoms with E-state index in [2.05, 4.69) is 28.2 Å². The number of benzene rings is 2. The maximum Gasteiger partial charge on any atom is 0.188 e. The van der Waals surface area contributed by atoms with Crippen molar-refractivity contribution >= 4 is 21.8 Å². The molecule has 2 heterocycles. The molecule has 0 aliphatic heterocycles. The Morgan fingerprint density at radius 2 is 1.35 bits per heavy atom. The normalized spacial score (nSPS) is 10.2. The van der Waals surface area contributed by atoms with Crippen LogP contribution in [0.1, 0.15) is 0 Å². The van der Waals surface area contributed by atoms with E-state index in [1.807, 2.05) is 36.4 Å². The Kier molecular flexibility index (Phi) is 3.33. The van der Waals surface area contributed by atoms with E-state index in [9.17, 15) is 0 Å². The van der Waals surface area contributed by atoms with Crippen molar-refractivity contribution in [2.75, 3.05) is 0 Å². The molecule has 2 N–H and O–H groups in total. The van der Waals surface area contributed by atoms with Gasteiger partial charge in [-0.05, 0) is 30.3 Å². The first kappa shape index (κ1) is 12.2. The van der Waals surface area contributed by atoms with Gasteiger partial charge in [0, 0.05) is 17.0 Å². The summed E-state index contributed by atoms with van der Waals surface area (Å²) in [5.74, 6) is 0.218. The molecule has 2 aromatic heterocycles. The smallest absolute Gasteiger partial charge is 0.188 e. The van der Waals surface area contributed by atoms with E-state index in [0.717, 1.165) is 11.0 Å². The number of nitrogens with one attached hydrogen (secondary N) is 1. The Bertz CT molecular complexity index is 718. The molecular weight excluding hydrogens is 248 g/mol. The summed E-state index contributed by atoms with van der Waals surface area (Å²) in [7, 11) is 0. The number of aromatic amines is 1. The van der Waals surface area contributed by atoms with Crippen LogP contribution >= 0.6 is 0 Å². The molecule has 0 spiro atoms. The van der Waals surface area contributed by atoms with Gasteiger partial charge in [0.2, 0.25) is 0 Å². The molecule has 4 rings (SSSR count). The third-order valence-electron chi connectivity index (χ3n) is 3.01. The highest BCUT2D eigenvalue weighted by molar-refractivity contribution is 5.92. The maximum atomic E-state index is 8.42. The second-order valence-electron chi connectivity index (χ2n) is 4.43. The summed E-state index contributed by atoms with van der Waals surface area (Å²) >= 11 is 0. The maximum absolute atomic E-state index is 8.42. The predicted octanol–water partition coefficient (Wildman–Crippen LogP) is 4.11. The highest BCUT2D eigenvalue weighted by Crippen LogP contribution is 2.18. The monoisotopic (exact) mass is 262 g/mol. The van der Waals surface area contributed by atoms with Crippen LogP contribution in [0.3, 0.4) is 0 Å². The molecule has 0 aliphatic carbocycles. The number of hydrogen-bond donors (Lipinski definition) is 2. The summed E-state index contributed by atoms with van der Waals surface area (Å²) < 4.78 is 0. The number of pyridine rings is 1. The minimum atomic E-state index is 0.218. The fraction of sp³-hybridized carbons (Fsp3) is 0. The number of fused-ring (bicyclic) bond motifs is 2. The van der Waals surface area contributed by atoms with Gasteiger partial charge in [-0.1, -0.05) is 36.4 Å². The largest absolute Gasteiger partial charge is 0.495 e. The van der Waals surface area contributed by atoms with Crippen molar-refractivity contribution < 1.29 is 5.11 Å². The third-order valence-corrected chi connectivity index (χ3v) is 3.01. The van der Waals surface area contributed by atoms with Crippen LogP contribution in [0.15, 0.2) is 72.9 Å². The van der Waals surface area contributed by atoms with E-state index in [4.69, 9.17) is 5.11 Å². The lowest BCUT2D eigenvalue weighted by Crippen LogP contribution is -1.80. The molecule has 0 amide bonds. The van der Waals surface area contributed by atoms with Crippen molar-refractivity contribution in [3.05, 3.63) is 72.9 Å². The van der Waals surface area contributed by atoms with E-state index in [0.29, 0.717) is 0 Å². The average molecular weight is 262 g/mol. The van der Waals surface area contributed by atoms with E-state index in [-0.39, 0.29) is 5.88 Å². The molecule has 0 saturated heterocycles. The number of aromatic nitrogens is 2. The van der Waals surface area contributed by atoms with Crippen molar-refractivity contribution in [3.63, 3.8) is 0 Å². The van der Waals surface area contributed by atoms with Gasteiger partial charge in [0.25, 0.3) is 0 Å². The fourth-order valence-corrected chi connectivity index (χ4v) is 2.04. The molecule has 0 unspecified atom stereocenters. The van der Waals surface area contributed by atoms with Gasteiger partial charge < -0.3 is 10.1 Å². The van der Waals surface area contributed by atoms with Crippen molar-refractivity contribution in [1.29, 1.82) is 0 Å². The predicted molar refractivity (Wildman–Crippen MR) is 81.7 cm³/mol. The van der Waals surface area contributed by atoms with Crippen molar-refractivity contribution in [2.45, 2.75) is 0 Å². The molecule has 3 heteroatoms. The third kappa shape index (κ3) is 2.62. The van der Waals surface area contributed by atoms with E-state index < -0.39 is 0 Å². The summed E-state index contributed by atoms with van der Waals surface area (Å²) in [4.78, 5) is 7.13. The summed E-state index contributed by atoms with van der Waals surface area (Å²) in [5.41, 5.74) is 2.12. The lowest BCUT2D eigenvalue weighted by atomic mass is 10.1. The molecule has 0 atom stereocenters. The first-order chi connectivity index (χ1) is 9.83. The Balaban J connectivity index is 0.000000170. The molecule has 0 fully saturated rings. The van der Waals surface area contributed by atoms with Crippen LogP contribution in [0.2, 0.25) is 0 Å². The quantitative estimate of drug-likeness (QED) is 0.468. The Labute approximate surface area is 116 Å². The zero-order chi connectivity index (χ0) is 13.8. The second-order valence-corrected chi connectivity index (χ2v) is 4.43. The summed E-state index contributed by atoms with van der Waals surface area (Å²) in [5, 5.41) is 10.8. The Hall–Kier alpha value is -2.81. The van der Waals surface area contributed by atoms with Crippen LogP contribution in [0.5, 0.6) is 5.88 Å². The van der Waals surface area contributed by atoms with Crippen molar-refractivity contribution in [3.8, 4) is 5.88 Å². The molecule has 0 aliphatic rings. The van der Waals surface area contributed by atoms with Crippen LogP contribution in [-0.4, -0.2) is 15.1 Å². The summed E-state index contributed by atoms with van der Waals surface area (Å²) in [6, 6.07) is 21.9. The molecule has 98 valence electrons. The lowest BCUT2D eigenvalue weighted by Gasteiger charge is -1.99. The van der Waals surface area contributed by atoms with Gasteiger partial charge in [-0.2, -0.15) is 0 Å². The number of nitrogens with zero attached hydrogens (tertiary/aromatic N) is 1. The van der Waals surface area contributed by atoms with Crippen LogP contribution in [0.4, 0.5) is 0 Å². The van der Waals surface area contributed by atoms with Gasteiger partial charge in [-0.15, -0.1) is 0 Å². The molecule has 0 saturated carbocycles. The highest BCUT2D eigenvalue weighted by Gasteiger charge is 1.96. The number of aromatic hydroxyl groups is 1. The fourth-order valence-electron chi connectivity index (χ4n) is 2.04. The second kappa shape index (κ2) is 5.45. The standard InChI is InChI=1S/C13H9N.C4H5NO/c1-3-7-12-10(5-1)9-11-6-2-4-8-13(11)14-12;6-4-2-1-3-5-4/h1-9H;1-3,5-6H. The molecule has 2 aromatic carbocycles. The molecule has 20 heavy (non-hydrogen) atoms. The lowest BCUT2D eigenvalue weighted by molar-refractivity contribution is 0.457. The number of H-pyrrole nitrogens is 1. The molecule has 0 bridgehead atoms.